The van der Waals surface area contributed by atoms with Crippen molar-refractivity contribution in [3.63, 3.8) is 0 Å². The lowest BCUT2D eigenvalue weighted by atomic mass is 9.86. The van der Waals surface area contributed by atoms with Crippen LogP contribution >= 0.6 is 11.3 Å². The van der Waals surface area contributed by atoms with Gasteiger partial charge in [-0.25, -0.2) is 24.0 Å². The van der Waals surface area contributed by atoms with Crippen molar-refractivity contribution in [1.29, 1.82) is 0 Å². The number of halogens is 1. The molecule has 0 bridgehead atoms. The third kappa shape index (κ3) is 3.72. The number of nitrogen functional groups attached to an aromatic ring is 1. The number of carbonyl (C=O) groups is 1. The summed E-state index contributed by atoms with van der Waals surface area (Å²) in [7, 11) is 0. The molecule has 1 aliphatic heterocycles. The van der Waals surface area contributed by atoms with Gasteiger partial charge in [-0.1, -0.05) is 18.9 Å². The highest BCUT2D eigenvalue weighted by Gasteiger charge is 2.29. The van der Waals surface area contributed by atoms with E-state index in [1.54, 1.807) is 27.0 Å². The van der Waals surface area contributed by atoms with Gasteiger partial charge in [0.2, 0.25) is 5.91 Å². The number of nitrogens with zero attached hydrogens (tertiary/aromatic N) is 6. The Morgan fingerprint density at radius 1 is 1.26 bits per heavy atom. The molecule has 10 heteroatoms. The van der Waals surface area contributed by atoms with E-state index in [9.17, 15) is 9.18 Å². The second-order valence-corrected chi connectivity index (χ2v) is 9.97. The van der Waals surface area contributed by atoms with E-state index in [-0.39, 0.29) is 23.3 Å². The van der Waals surface area contributed by atoms with Gasteiger partial charge < -0.3 is 10.6 Å². The van der Waals surface area contributed by atoms with E-state index >= 15 is 0 Å². The van der Waals surface area contributed by atoms with Crippen LogP contribution in [-0.4, -0.2) is 48.6 Å². The van der Waals surface area contributed by atoms with Gasteiger partial charge in [-0.2, -0.15) is 5.10 Å². The highest BCUT2D eigenvalue weighted by molar-refractivity contribution is 7.18. The molecular weight excluding hydrogens is 465 g/mol. The molecule has 4 heterocycles. The standard InChI is InChI=1S/C25H22FN7OS/c1-2-21(34)32-9-8-16(12-32)33-24-22(23(27)28-13-29-24)18(31-33)7-6-15-10-19-20(11-17(15)26)35-25(30-19)14-4-3-5-14/h2,10-11,13-14,16H,1,3-5,8-9,12H2,(H2,27,28,29). The van der Waals surface area contributed by atoms with Crippen molar-refractivity contribution in [2.45, 2.75) is 37.6 Å². The topological polar surface area (TPSA) is 103 Å². The number of aromatic nitrogens is 5. The van der Waals surface area contributed by atoms with Crippen LogP contribution < -0.4 is 5.73 Å². The Morgan fingerprint density at radius 2 is 2.11 bits per heavy atom. The fourth-order valence-corrected chi connectivity index (χ4v) is 5.77. The first-order chi connectivity index (χ1) is 17.0. The number of benzene rings is 1. The molecule has 35 heavy (non-hydrogen) atoms. The number of hydrogen-bond donors (Lipinski definition) is 1. The monoisotopic (exact) mass is 487 g/mol. The van der Waals surface area contributed by atoms with Crippen LogP contribution in [0, 0.1) is 17.7 Å². The van der Waals surface area contributed by atoms with Gasteiger partial charge in [0.05, 0.1) is 32.2 Å². The number of carbonyl (C=O) groups excluding carboxylic acids is 1. The molecule has 6 rings (SSSR count). The first kappa shape index (κ1) is 21.7. The molecule has 1 aliphatic carbocycles. The molecule has 8 nitrogen and oxygen atoms in total. The van der Waals surface area contributed by atoms with Crippen LogP contribution in [0.5, 0.6) is 0 Å². The summed E-state index contributed by atoms with van der Waals surface area (Å²) in [6, 6.07) is 3.13. The fraction of sp³-hybridized carbons (Fsp3) is 0.320. The van der Waals surface area contributed by atoms with E-state index in [0.717, 1.165) is 28.1 Å². The van der Waals surface area contributed by atoms with E-state index in [2.05, 4.69) is 33.5 Å². The Morgan fingerprint density at radius 3 is 2.89 bits per heavy atom. The summed E-state index contributed by atoms with van der Waals surface area (Å²) in [6.45, 7) is 4.64. The zero-order valence-corrected chi connectivity index (χ0v) is 19.7. The molecule has 1 unspecified atom stereocenters. The smallest absolute Gasteiger partial charge is 0.246 e. The summed E-state index contributed by atoms with van der Waals surface area (Å²) in [5.41, 5.74) is 8.09. The molecule has 0 radical (unpaired) electrons. The van der Waals surface area contributed by atoms with Crippen LogP contribution in [-0.2, 0) is 4.79 Å². The Bertz CT molecular complexity index is 1560. The molecule has 0 spiro atoms. The lowest BCUT2D eigenvalue weighted by molar-refractivity contribution is -0.125. The first-order valence-electron chi connectivity index (χ1n) is 11.5. The largest absolute Gasteiger partial charge is 0.383 e. The second kappa shape index (κ2) is 8.43. The van der Waals surface area contributed by atoms with Crippen LogP contribution in [0.2, 0.25) is 0 Å². The van der Waals surface area contributed by atoms with Gasteiger partial charge in [-0.05, 0) is 43.4 Å². The molecule has 176 valence electrons. The third-order valence-corrected chi connectivity index (χ3v) is 7.96. The summed E-state index contributed by atoms with van der Waals surface area (Å²) < 4.78 is 17.5. The van der Waals surface area contributed by atoms with E-state index in [1.807, 2.05) is 0 Å². The molecule has 1 amide bonds. The normalized spacial score (nSPS) is 18.0. The minimum absolute atomic E-state index is 0.0840. The molecule has 1 saturated carbocycles. The van der Waals surface area contributed by atoms with Crippen LogP contribution in [0.1, 0.15) is 53.9 Å². The minimum Gasteiger partial charge on any atom is -0.383 e. The number of amides is 1. The van der Waals surface area contributed by atoms with Crippen molar-refractivity contribution in [2.24, 2.45) is 0 Å². The first-order valence-corrected chi connectivity index (χ1v) is 12.4. The van der Waals surface area contributed by atoms with Crippen LogP contribution in [0.4, 0.5) is 10.2 Å². The number of thiazole rings is 1. The number of anilines is 1. The highest BCUT2D eigenvalue weighted by Crippen LogP contribution is 2.40. The summed E-state index contributed by atoms with van der Waals surface area (Å²) in [5.74, 6) is 6.15. The quantitative estimate of drug-likeness (QED) is 0.348. The predicted molar refractivity (Wildman–Crippen MR) is 132 cm³/mol. The molecule has 3 aromatic heterocycles. The summed E-state index contributed by atoms with van der Waals surface area (Å²) in [4.78, 5) is 26.9. The van der Waals surface area contributed by atoms with E-state index in [0.29, 0.717) is 42.2 Å². The maximum absolute atomic E-state index is 14.9. The average molecular weight is 488 g/mol. The molecule has 2 N–H and O–H groups in total. The molecule has 2 fully saturated rings. The zero-order valence-electron chi connectivity index (χ0n) is 18.9. The van der Waals surface area contributed by atoms with Gasteiger partial charge in [0.25, 0.3) is 0 Å². The van der Waals surface area contributed by atoms with E-state index in [4.69, 9.17) is 10.7 Å². The lowest BCUT2D eigenvalue weighted by Crippen LogP contribution is -2.27. The molecule has 1 saturated heterocycles. The van der Waals surface area contributed by atoms with Gasteiger partial charge in [0.1, 0.15) is 23.7 Å². The Hall–Kier alpha value is -3.84. The Balaban J connectivity index is 1.38. The fourth-order valence-electron chi connectivity index (χ4n) is 4.63. The molecule has 1 aromatic carbocycles. The van der Waals surface area contributed by atoms with Gasteiger partial charge in [-0.15, -0.1) is 11.3 Å². The molecular formula is C25H22FN7OS. The van der Waals surface area contributed by atoms with Crippen LogP contribution in [0.15, 0.2) is 31.1 Å². The van der Waals surface area contributed by atoms with Crippen molar-refractivity contribution in [3.8, 4) is 11.8 Å². The number of hydrogen-bond acceptors (Lipinski definition) is 7. The third-order valence-electron chi connectivity index (χ3n) is 6.78. The van der Waals surface area contributed by atoms with Crippen molar-refractivity contribution < 1.29 is 9.18 Å². The van der Waals surface area contributed by atoms with Gasteiger partial charge in [0, 0.05) is 19.0 Å². The number of fused-ring (bicyclic) bond motifs is 2. The van der Waals surface area contributed by atoms with Crippen LogP contribution in [0.3, 0.4) is 0 Å². The highest BCUT2D eigenvalue weighted by atomic mass is 32.1. The zero-order chi connectivity index (χ0) is 24.1. The summed E-state index contributed by atoms with van der Waals surface area (Å²) >= 11 is 1.56. The van der Waals surface area contributed by atoms with Crippen molar-refractivity contribution in [1.82, 2.24) is 29.6 Å². The lowest BCUT2D eigenvalue weighted by Gasteiger charge is -2.22. The van der Waals surface area contributed by atoms with Crippen molar-refractivity contribution >= 4 is 44.3 Å². The SMILES string of the molecule is C=CC(=O)N1CCC(n2nc(C#Cc3cc4nc(C5CCC5)sc4cc3F)c3c(N)ncnc32)C1. The number of likely N-dealkylation sites (tertiary alicyclic amines) is 1. The van der Waals surface area contributed by atoms with E-state index < -0.39 is 5.82 Å². The average Bonchev–Trinajstić information content (AvgIpc) is 3.53. The molecule has 2 aliphatic rings. The van der Waals surface area contributed by atoms with Gasteiger partial charge in [0.15, 0.2) is 5.65 Å². The second-order valence-electron chi connectivity index (χ2n) is 8.91. The maximum atomic E-state index is 14.9. The Labute approximate surface area is 204 Å². The minimum atomic E-state index is -0.392. The summed E-state index contributed by atoms with van der Waals surface area (Å²) in [6.07, 6.45) is 6.92. The summed E-state index contributed by atoms with van der Waals surface area (Å²) in [5, 5.41) is 6.26. The molecule has 4 aromatic rings. The molecule has 1 atom stereocenters. The Kier molecular flexibility index (Phi) is 5.22. The van der Waals surface area contributed by atoms with Gasteiger partial charge >= 0.3 is 0 Å². The van der Waals surface area contributed by atoms with E-state index in [1.165, 1.54) is 24.9 Å². The van der Waals surface area contributed by atoms with Crippen molar-refractivity contribution in [3.05, 3.63) is 53.2 Å². The number of rotatable bonds is 3. The predicted octanol–water partition coefficient (Wildman–Crippen LogP) is 3.78. The van der Waals surface area contributed by atoms with Crippen LogP contribution in [0.25, 0.3) is 21.3 Å². The van der Waals surface area contributed by atoms with Gasteiger partial charge in [-0.3, -0.25) is 4.79 Å². The maximum Gasteiger partial charge on any atom is 0.246 e. The number of nitrogens with two attached hydrogens (primary N) is 1. The van der Waals surface area contributed by atoms with Crippen molar-refractivity contribution in [2.75, 3.05) is 18.8 Å².